The lowest BCUT2D eigenvalue weighted by molar-refractivity contribution is -0.0402. The van der Waals surface area contributed by atoms with Crippen molar-refractivity contribution in [3.05, 3.63) is 71.8 Å². The number of fused-ring (bicyclic) bond motifs is 2. The van der Waals surface area contributed by atoms with Crippen molar-refractivity contribution < 1.29 is 13.2 Å². The van der Waals surface area contributed by atoms with E-state index in [4.69, 9.17) is 4.74 Å². The fraction of sp³-hybridized carbons (Fsp3) is 0.333. The van der Waals surface area contributed by atoms with E-state index in [1.165, 1.54) is 17.4 Å². The minimum absolute atomic E-state index is 0.222. The average molecular weight is 369 g/mol. The van der Waals surface area contributed by atoms with Crippen molar-refractivity contribution in [2.45, 2.75) is 29.9 Å². The number of hydrogen-bond acceptors (Lipinski definition) is 4. The third-order valence-corrected chi connectivity index (χ3v) is 6.29. The molecular formula is C21H23NO3S. The van der Waals surface area contributed by atoms with Crippen molar-refractivity contribution in [3.8, 4) is 0 Å². The van der Waals surface area contributed by atoms with Crippen LogP contribution in [0.3, 0.4) is 0 Å². The molecule has 2 unspecified atom stereocenters. The maximum absolute atomic E-state index is 11.9. The second-order valence-electron chi connectivity index (χ2n) is 7.11. The van der Waals surface area contributed by atoms with Crippen molar-refractivity contribution in [1.29, 1.82) is 0 Å². The van der Waals surface area contributed by atoms with Crippen LogP contribution in [0, 0.1) is 0 Å². The highest BCUT2D eigenvalue weighted by Gasteiger charge is 2.34. The summed E-state index contributed by atoms with van der Waals surface area (Å²) in [5, 5.41) is 0. The average Bonchev–Trinajstić information content (AvgIpc) is 2.62. The van der Waals surface area contributed by atoms with Gasteiger partial charge in [0.25, 0.3) is 0 Å². The molecule has 4 rings (SSSR count). The first-order valence-electron chi connectivity index (χ1n) is 8.89. The van der Waals surface area contributed by atoms with Crippen LogP contribution in [0.1, 0.15) is 17.5 Å². The van der Waals surface area contributed by atoms with Gasteiger partial charge >= 0.3 is 0 Å². The van der Waals surface area contributed by atoms with Gasteiger partial charge in [0.1, 0.15) is 0 Å². The van der Waals surface area contributed by atoms with Gasteiger partial charge in [-0.3, -0.25) is 4.90 Å². The van der Waals surface area contributed by atoms with E-state index in [9.17, 15) is 8.42 Å². The molecule has 0 radical (unpaired) electrons. The Morgan fingerprint density at radius 1 is 1.08 bits per heavy atom. The number of rotatable bonds is 4. The first kappa shape index (κ1) is 17.5. The minimum Gasteiger partial charge on any atom is -0.378 e. The van der Waals surface area contributed by atoms with Crippen molar-refractivity contribution in [2.75, 3.05) is 19.5 Å². The van der Waals surface area contributed by atoms with Crippen LogP contribution in [0.4, 0.5) is 0 Å². The third-order valence-electron chi connectivity index (χ3n) is 5.18. The van der Waals surface area contributed by atoms with Crippen molar-refractivity contribution in [3.63, 3.8) is 0 Å². The molecule has 1 saturated heterocycles. The smallest absolute Gasteiger partial charge is 0.175 e. The number of hydrogen-bond donors (Lipinski definition) is 0. The molecule has 136 valence electrons. The molecule has 5 heteroatoms. The highest BCUT2D eigenvalue weighted by molar-refractivity contribution is 7.90. The SMILES string of the molecule is CS(=O)(=O)c1cccc(C2=CC3COCC(C2)N3Cc2ccccc2)c1. The van der Waals surface area contributed by atoms with Gasteiger partial charge in [-0.25, -0.2) is 8.42 Å². The largest absolute Gasteiger partial charge is 0.378 e. The van der Waals surface area contributed by atoms with Crippen LogP contribution in [0.5, 0.6) is 0 Å². The second-order valence-corrected chi connectivity index (χ2v) is 9.13. The van der Waals surface area contributed by atoms with Crippen LogP contribution in [0.2, 0.25) is 0 Å². The number of morpholine rings is 1. The molecule has 0 saturated carbocycles. The van der Waals surface area contributed by atoms with Crippen LogP contribution in [0.25, 0.3) is 5.57 Å². The molecule has 4 nitrogen and oxygen atoms in total. The summed E-state index contributed by atoms with van der Waals surface area (Å²) in [5.41, 5.74) is 3.53. The van der Waals surface area contributed by atoms with E-state index >= 15 is 0 Å². The zero-order valence-corrected chi connectivity index (χ0v) is 15.7. The summed E-state index contributed by atoms with van der Waals surface area (Å²) in [6.07, 6.45) is 4.38. The molecule has 1 fully saturated rings. The fourth-order valence-electron chi connectivity index (χ4n) is 3.84. The lowest BCUT2D eigenvalue weighted by Crippen LogP contribution is -2.53. The number of nitrogens with zero attached hydrogens (tertiary/aromatic N) is 1. The third kappa shape index (κ3) is 3.61. The Kier molecular flexibility index (Phi) is 4.69. The summed E-state index contributed by atoms with van der Waals surface area (Å²) < 4.78 is 29.5. The van der Waals surface area contributed by atoms with Gasteiger partial charge in [0.2, 0.25) is 0 Å². The quantitative estimate of drug-likeness (QED) is 0.831. The summed E-state index contributed by atoms with van der Waals surface area (Å²) in [5.74, 6) is 0. The number of sulfone groups is 1. The molecule has 0 spiro atoms. The maximum atomic E-state index is 11.9. The van der Waals surface area contributed by atoms with Crippen molar-refractivity contribution in [1.82, 2.24) is 4.90 Å². The van der Waals surface area contributed by atoms with Gasteiger partial charge in [-0.15, -0.1) is 0 Å². The Hall–Kier alpha value is -1.95. The molecule has 2 heterocycles. The predicted molar refractivity (Wildman–Crippen MR) is 103 cm³/mol. The van der Waals surface area contributed by atoms with E-state index in [2.05, 4.69) is 35.2 Å². The van der Waals surface area contributed by atoms with Crippen molar-refractivity contribution >= 4 is 15.4 Å². The summed E-state index contributed by atoms with van der Waals surface area (Å²) in [6, 6.07) is 18.3. The van der Waals surface area contributed by atoms with Crippen LogP contribution >= 0.6 is 0 Å². The van der Waals surface area contributed by atoms with Gasteiger partial charge in [-0.05, 0) is 35.3 Å². The molecule has 26 heavy (non-hydrogen) atoms. The monoisotopic (exact) mass is 369 g/mol. The maximum Gasteiger partial charge on any atom is 0.175 e. The fourth-order valence-corrected chi connectivity index (χ4v) is 4.51. The number of ether oxygens (including phenoxy) is 1. The first-order chi connectivity index (χ1) is 12.5. The zero-order chi connectivity index (χ0) is 18.1. The van der Waals surface area contributed by atoms with E-state index in [-0.39, 0.29) is 6.04 Å². The Labute approximate surface area is 155 Å². The normalized spacial score (nSPS) is 23.5. The molecule has 0 aliphatic carbocycles. The molecular weight excluding hydrogens is 346 g/mol. The molecule has 2 aromatic carbocycles. The lowest BCUT2D eigenvalue weighted by Gasteiger charge is -2.45. The van der Waals surface area contributed by atoms with E-state index in [0.29, 0.717) is 24.2 Å². The topological polar surface area (TPSA) is 46.6 Å². The van der Waals surface area contributed by atoms with Crippen LogP contribution in [0.15, 0.2) is 65.6 Å². The number of benzene rings is 2. The van der Waals surface area contributed by atoms with Crippen LogP contribution < -0.4 is 0 Å². The van der Waals surface area contributed by atoms with Crippen LogP contribution in [-0.4, -0.2) is 44.9 Å². The molecule has 0 amide bonds. The van der Waals surface area contributed by atoms with Gasteiger partial charge in [0, 0.05) is 18.8 Å². The highest BCUT2D eigenvalue weighted by atomic mass is 32.2. The molecule has 2 bridgehead atoms. The Morgan fingerprint density at radius 2 is 1.88 bits per heavy atom. The molecule has 2 atom stereocenters. The molecule has 0 aromatic heterocycles. The van der Waals surface area contributed by atoms with Gasteiger partial charge in [-0.1, -0.05) is 48.5 Å². The van der Waals surface area contributed by atoms with Gasteiger partial charge in [0.15, 0.2) is 9.84 Å². The van der Waals surface area contributed by atoms with Gasteiger partial charge < -0.3 is 4.74 Å². The molecule has 2 aliphatic heterocycles. The summed E-state index contributed by atoms with van der Waals surface area (Å²) in [7, 11) is -3.20. The van der Waals surface area contributed by atoms with Gasteiger partial charge in [0.05, 0.1) is 24.2 Å². The molecule has 0 N–H and O–H groups in total. The molecule has 2 aliphatic rings. The summed E-state index contributed by atoms with van der Waals surface area (Å²) in [6.45, 7) is 2.30. The van der Waals surface area contributed by atoms with E-state index in [1.807, 2.05) is 18.2 Å². The van der Waals surface area contributed by atoms with Crippen LogP contribution in [-0.2, 0) is 21.1 Å². The van der Waals surface area contributed by atoms with E-state index in [0.717, 1.165) is 18.5 Å². The summed E-state index contributed by atoms with van der Waals surface area (Å²) in [4.78, 5) is 2.88. The van der Waals surface area contributed by atoms with E-state index in [1.54, 1.807) is 12.1 Å². The van der Waals surface area contributed by atoms with Crippen molar-refractivity contribution in [2.24, 2.45) is 0 Å². The Bertz CT molecular complexity index is 921. The highest BCUT2D eigenvalue weighted by Crippen LogP contribution is 2.34. The zero-order valence-electron chi connectivity index (χ0n) is 14.8. The minimum atomic E-state index is -3.20. The Balaban J connectivity index is 1.63. The summed E-state index contributed by atoms with van der Waals surface area (Å²) >= 11 is 0. The first-order valence-corrected chi connectivity index (χ1v) is 10.8. The lowest BCUT2D eigenvalue weighted by atomic mass is 9.89. The standard InChI is InChI=1S/C21H23NO3S/c1-26(23,24)21-9-5-8-17(12-21)18-10-19-14-25-15-20(11-18)22(19)13-16-6-3-2-4-7-16/h2-10,12,19-20H,11,13-15H2,1H3. The van der Waals surface area contributed by atoms with E-state index < -0.39 is 9.84 Å². The Morgan fingerprint density at radius 3 is 2.62 bits per heavy atom. The molecule has 2 aromatic rings. The predicted octanol–water partition coefficient (Wildman–Crippen LogP) is 3.15. The second kappa shape index (κ2) is 6.99. The van der Waals surface area contributed by atoms with Gasteiger partial charge in [-0.2, -0.15) is 0 Å².